The molecule has 0 saturated carbocycles. The standard InChI is InChI=1S/C15H21NO2/c1-11-5-6-13(9-12(11)2)14(17)16-7-8-18-10-15(16,3)4/h5-6,9H,7-8,10H2,1-4H3. The number of hydrogen-bond donors (Lipinski definition) is 0. The first kappa shape index (κ1) is 13.1. The van der Waals surface area contributed by atoms with Crippen molar-refractivity contribution in [2.45, 2.75) is 33.2 Å². The van der Waals surface area contributed by atoms with E-state index in [1.807, 2.05) is 43.9 Å². The van der Waals surface area contributed by atoms with E-state index in [0.717, 1.165) is 11.1 Å². The summed E-state index contributed by atoms with van der Waals surface area (Å²) in [6.07, 6.45) is 0. The molecule has 0 aromatic heterocycles. The van der Waals surface area contributed by atoms with Crippen LogP contribution < -0.4 is 0 Å². The number of ether oxygens (including phenoxy) is 1. The molecule has 1 fully saturated rings. The van der Waals surface area contributed by atoms with Crippen LogP contribution in [0.2, 0.25) is 0 Å². The first-order valence-electron chi connectivity index (χ1n) is 6.39. The zero-order chi connectivity index (χ0) is 13.3. The van der Waals surface area contributed by atoms with Crippen LogP contribution in [-0.2, 0) is 4.74 Å². The molecule has 0 aliphatic carbocycles. The Bertz CT molecular complexity index is 466. The summed E-state index contributed by atoms with van der Waals surface area (Å²) in [7, 11) is 0. The van der Waals surface area contributed by atoms with Gasteiger partial charge >= 0.3 is 0 Å². The lowest BCUT2D eigenvalue weighted by atomic mass is 9.99. The van der Waals surface area contributed by atoms with Crippen molar-refractivity contribution >= 4 is 5.91 Å². The topological polar surface area (TPSA) is 29.5 Å². The summed E-state index contributed by atoms with van der Waals surface area (Å²) in [4.78, 5) is 14.5. The third-order valence-corrected chi connectivity index (χ3v) is 3.64. The molecule has 1 saturated heterocycles. The number of morpholine rings is 1. The predicted octanol–water partition coefficient (Wildman–Crippen LogP) is 2.55. The van der Waals surface area contributed by atoms with E-state index in [2.05, 4.69) is 6.92 Å². The molecule has 1 aliphatic heterocycles. The third-order valence-electron chi connectivity index (χ3n) is 3.64. The second-order valence-corrected chi connectivity index (χ2v) is 5.62. The van der Waals surface area contributed by atoms with Crippen molar-refractivity contribution in [3.63, 3.8) is 0 Å². The van der Waals surface area contributed by atoms with E-state index in [4.69, 9.17) is 4.74 Å². The molecule has 1 heterocycles. The van der Waals surface area contributed by atoms with Crippen molar-refractivity contribution in [2.75, 3.05) is 19.8 Å². The molecule has 0 unspecified atom stereocenters. The van der Waals surface area contributed by atoms with E-state index >= 15 is 0 Å². The monoisotopic (exact) mass is 247 g/mol. The molecule has 3 nitrogen and oxygen atoms in total. The summed E-state index contributed by atoms with van der Waals surface area (Å²) in [5, 5.41) is 0. The van der Waals surface area contributed by atoms with Crippen LogP contribution >= 0.6 is 0 Å². The summed E-state index contributed by atoms with van der Waals surface area (Å²) in [6, 6.07) is 5.90. The van der Waals surface area contributed by atoms with Crippen LogP contribution in [0.25, 0.3) is 0 Å². The number of carbonyl (C=O) groups excluding carboxylic acids is 1. The van der Waals surface area contributed by atoms with Crippen molar-refractivity contribution in [1.29, 1.82) is 0 Å². The summed E-state index contributed by atoms with van der Waals surface area (Å²) in [5.74, 6) is 0.103. The molecular formula is C15H21NO2. The summed E-state index contributed by atoms with van der Waals surface area (Å²) < 4.78 is 5.45. The average Bonchev–Trinajstić information content (AvgIpc) is 2.31. The van der Waals surface area contributed by atoms with E-state index in [1.54, 1.807) is 0 Å². The smallest absolute Gasteiger partial charge is 0.254 e. The first-order chi connectivity index (χ1) is 8.42. The Morgan fingerprint density at radius 2 is 2.00 bits per heavy atom. The molecule has 18 heavy (non-hydrogen) atoms. The highest BCUT2D eigenvalue weighted by molar-refractivity contribution is 5.95. The van der Waals surface area contributed by atoms with Crippen molar-refractivity contribution in [1.82, 2.24) is 4.90 Å². The second-order valence-electron chi connectivity index (χ2n) is 5.62. The molecule has 0 bridgehead atoms. The minimum absolute atomic E-state index is 0.103. The van der Waals surface area contributed by atoms with Crippen LogP contribution in [0, 0.1) is 13.8 Å². The lowest BCUT2D eigenvalue weighted by molar-refractivity contribution is -0.0370. The number of nitrogens with zero attached hydrogens (tertiary/aromatic N) is 1. The van der Waals surface area contributed by atoms with Crippen molar-refractivity contribution in [2.24, 2.45) is 0 Å². The Labute approximate surface area is 109 Å². The molecule has 0 N–H and O–H groups in total. The molecule has 1 aromatic carbocycles. The van der Waals surface area contributed by atoms with Crippen LogP contribution in [0.5, 0.6) is 0 Å². The van der Waals surface area contributed by atoms with Crippen LogP contribution in [0.4, 0.5) is 0 Å². The Morgan fingerprint density at radius 1 is 1.28 bits per heavy atom. The molecule has 1 amide bonds. The lowest BCUT2D eigenvalue weighted by Crippen LogP contribution is -2.55. The Morgan fingerprint density at radius 3 is 2.61 bits per heavy atom. The van der Waals surface area contributed by atoms with Gasteiger partial charge in [-0.3, -0.25) is 4.79 Å². The van der Waals surface area contributed by atoms with Gasteiger partial charge in [0.2, 0.25) is 0 Å². The number of rotatable bonds is 1. The fourth-order valence-electron chi connectivity index (χ4n) is 2.27. The van der Waals surface area contributed by atoms with Crippen molar-refractivity contribution in [3.05, 3.63) is 34.9 Å². The highest BCUT2D eigenvalue weighted by Crippen LogP contribution is 2.22. The Kier molecular flexibility index (Phi) is 3.44. The fourth-order valence-corrected chi connectivity index (χ4v) is 2.27. The van der Waals surface area contributed by atoms with E-state index in [9.17, 15) is 4.79 Å². The molecule has 1 aromatic rings. The van der Waals surface area contributed by atoms with Crippen LogP contribution in [0.1, 0.15) is 35.3 Å². The highest BCUT2D eigenvalue weighted by Gasteiger charge is 2.34. The van der Waals surface area contributed by atoms with Crippen molar-refractivity contribution < 1.29 is 9.53 Å². The van der Waals surface area contributed by atoms with E-state index in [1.165, 1.54) is 5.56 Å². The molecule has 2 rings (SSSR count). The number of amides is 1. The molecule has 98 valence electrons. The summed E-state index contributed by atoms with van der Waals surface area (Å²) >= 11 is 0. The zero-order valence-corrected chi connectivity index (χ0v) is 11.6. The number of aryl methyl sites for hydroxylation is 2. The van der Waals surface area contributed by atoms with Gasteiger partial charge in [-0.2, -0.15) is 0 Å². The number of hydrogen-bond acceptors (Lipinski definition) is 2. The van der Waals surface area contributed by atoms with Gasteiger partial charge < -0.3 is 9.64 Å². The van der Waals surface area contributed by atoms with Gasteiger partial charge in [0.1, 0.15) is 0 Å². The maximum atomic E-state index is 12.5. The molecule has 1 aliphatic rings. The van der Waals surface area contributed by atoms with Gasteiger partial charge in [0.05, 0.1) is 18.8 Å². The maximum absolute atomic E-state index is 12.5. The maximum Gasteiger partial charge on any atom is 0.254 e. The Balaban J connectivity index is 2.27. The predicted molar refractivity (Wildman–Crippen MR) is 71.9 cm³/mol. The van der Waals surface area contributed by atoms with Gasteiger partial charge in [-0.1, -0.05) is 6.07 Å². The summed E-state index contributed by atoms with van der Waals surface area (Å²) in [6.45, 7) is 10.1. The molecule has 0 spiro atoms. The molecule has 0 radical (unpaired) electrons. The number of benzene rings is 1. The fraction of sp³-hybridized carbons (Fsp3) is 0.533. The third kappa shape index (κ3) is 2.41. The highest BCUT2D eigenvalue weighted by atomic mass is 16.5. The zero-order valence-electron chi connectivity index (χ0n) is 11.6. The van der Waals surface area contributed by atoms with Gasteiger partial charge in [0.15, 0.2) is 0 Å². The minimum Gasteiger partial charge on any atom is -0.377 e. The SMILES string of the molecule is Cc1ccc(C(=O)N2CCOCC2(C)C)cc1C. The van der Waals surface area contributed by atoms with Gasteiger partial charge in [-0.05, 0) is 51.0 Å². The molecular weight excluding hydrogens is 226 g/mol. The van der Waals surface area contributed by atoms with Crippen molar-refractivity contribution in [3.8, 4) is 0 Å². The van der Waals surface area contributed by atoms with E-state index in [-0.39, 0.29) is 11.4 Å². The van der Waals surface area contributed by atoms with Gasteiger partial charge in [0, 0.05) is 12.1 Å². The molecule has 3 heteroatoms. The second kappa shape index (κ2) is 4.73. The van der Waals surface area contributed by atoms with Crippen LogP contribution in [0.3, 0.4) is 0 Å². The van der Waals surface area contributed by atoms with Gasteiger partial charge in [-0.25, -0.2) is 0 Å². The summed E-state index contributed by atoms with van der Waals surface area (Å²) in [5.41, 5.74) is 2.92. The van der Waals surface area contributed by atoms with Crippen LogP contribution in [-0.4, -0.2) is 36.1 Å². The van der Waals surface area contributed by atoms with E-state index in [0.29, 0.717) is 19.8 Å². The quantitative estimate of drug-likeness (QED) is 0.763. The van der Waals surface area contributed by atoms with Gasteiger partial charge in [0.25, 0.3) is 5.91 Å². The first-order valence-corrected chi connectivity index (χ1v) is 6.39. The minimum atomic E-state index is -0.228. The average molecular weight is 247 g/mol. The normalized spacial score (nSPS) is 18.8. The Hall–Kier alpha value is -1.35. The van der Waals surface area contributed by atoms with E-state index < -0.39 is 0 Å². The number of carbonyl (C=O) groups is 1. The van der Waals surface area contributed by atoms with Crippen LogP contribution in [0.15, 0.2) is 18.2 Å². The van der Waals surface area contributed by atoms with Gasteiger partial charge in [-0.15, -0.1) is 0 Å². The lowest BCUT2D eigenvalue weighted by Gasteiger charge is -2.42. The molecule has 0 atom stereocenters. The largest absolute Gasteiger partial charge is 0.377 e.